The maximum absolute atomic E-state index is 13.3. The highest BCUT2D eigenvalue weighted by molar-refractivity contribution is 7.89. The second-order valence-electron chi connectivity index (χ2n) is 8.17. The average Bonchev–Trinajstić information content (AvgIpc) is 3.46. The minimum atomic E-state index is -3.98. The van der Waals surface area contributed by atoms with Crippen LogP contribution in [0.25, 0.3) is 11.3 Å². The van der Waals surface area contributed by atoms with Crippen LogP contribution in [0.5, 0.6) is 11.5 Å². The van der Waals surface area contributed by atoms with E-state index in [0.717, 1.165) is 28.6 Å². The first kappa shape index (κ1) is 24.0. The molecule has 0 radical (unpaired) electrons. The van der Waals surface area contributed by atoms with Crippen molar-refractivity contribution in [3.05, 3.63) is 66.4 Å². The number of rotatable bonds is 6. The number of hydrogen-bond acceptors (Lipinski definition) is 7. The van der Waals surface area contributed by atoms with Crippen molar-refractivity contribution < 1.29 is 35.9 Å². The molecule has 0 spiro atoms. The lowest BCUT2D eigenvalue weighted by Crippen LogP contribution is -2.45. The van der Waals surface area contributed by atoms with Gasteiger partial charge in [-0.2, -0.15) is 4.31 Å². The number of aromatic nitrogens is 2. The first-order chi connectivity index (χ1) is 17.1. The van der Waals surface area contributed by atoms with Crippen molar-refractivity contribution in [2.75, 3.05) is 6.54 Å². The minimum absolute atomic E-state index is 0.0160. The van der Waals surface area contributed by atoms with Gasteiger partial charge in [-0.25, -0.2) is 22.8 Å². The number of carbonyl (C=O) groups excluding carboxylic acids is 1. The van der Waals surface area contributed by atoms with Gasteiger partial charge >= 0.3 is 6.29 Å². The van der Waals surface area contributed by atoms with Crippen LogP contribution in [0.4, 0.5) is 13.2 Å². The Labute approximate surface area is 203 Å². The Balaban J connectivity index is 1.27. The summed E-state index contributed by atoms with van der Waals surface area (Å²) < 4.78 is 75.8. The van der Waals surface area contributed by atoms with Gasteiger partial charge in [0.25, 0.3) is 0 Å². The fraction of sp³-hybridized carbons (Fsp3) is 0.261. The SMILES string of the molecule is O=C(NCc1cc(-c2ccc3c(c2)OC(F)(F)O3)ncn1)C1CCCN1S(=O)(=O)c1ccc(F)cc1. The van der Waals surface area contributed by atoms with Crippen LogP contribution in [0.15, 0.2) is 59.8 Å². The first-order valence-corrected chi connectivity index (χ1v) is 12.3. The third-order valence-electron chi connectivity index (χ3n) is 5.79. The summed E-state index contributed by atoms with van der Waals surface area (Å²) in [6.07, 6.45) is -1.64. The highest BCUT2D eigenvalue weighted by atomic mass is 32.2. The molecule has 3 aromatic rings. The molecule has 9 nitrogen and oxygen atoms in total. The van der Waals surface area contributed by atoms with Crippen LogP contribution in [0.1, 0.15) is 18.5 Å². The van der Waals surface area contributed by atoms with Crippen molar-refractivity contribution in [1.29, 1.82) is 0 Å². The Morgan fingerprint density at radius 3 is 2.61 bits per heavy atom. The van der Waals surface area contributed by atoms with E-state index in [1.165, 1.54) is 24.5 Å². The van der Waals surface area contributed by atoms with Gasteiger partial charge in [-0.1, -0.05) is 0 Å². The molecule has 36 heavy (non-hydrogen) atoms. The highest BCUT2D eigenvalue weighted by Gasteiger charge is 2.43. The van der Waals surface area contributed by atoms with E-state index in [-0.39, 0.29) is 29.5 Å². The molecule has 2 aliphatic rings. The van der Waals surface area contributed by atoms with E-state index >= 15 is 0 Å². The molecule has 1 atom stereocenters. The van der Waals surface area contributed by atoms with Crippen molar-refractivity contribution in [3.63, 3.8) is 0 Å². The van der Waals surface area contributed by atoms with Crippen molar-refractivity contribution in [2.45, 2.75) is 36.6 Å². The summed E-state index contributed by atoms with van der Waals surface area (Å²) in [4.78, 5) is 21.0. The van der Waals surface area contributed by atoms with E-state index in [4.69, 9.17) is 0 Å². The Kier molecular flexibility index (Phi) is 6.04. The molecule has 0 aliphatic carbocycles. The molecule has 1 N–H and O–H groups in total. The quantitative estimate of drug-likeness (QED) is 0.532. The van der Waals surface area contributed by atoms with E-state index in [2.05, 4.69) is 24.8 Å². The molecule has 188 valence electrons. The smallest absolute Gasteiger partial charge is 0.395 e. The zero-order valence-electron chi connectivity index (χ0n) is 18.5. The number of benzene rings is 2. The number of nitrogens with zero attached hydrogens (tertiary/aromatic N) is 3. The van der Waals surface area contributed by atoms with Gasteiger partial charge in [-0.3, -0.25) is 4.79 Å². The van der Waals surface area contributed by atoms with Gasteiger partial charge in [0.2, 0.25) is 15.9 Å². The van der Waals surface area contributed by atoms with E-state index in [9.17, 15) is 26.4 Å². The summed E-state index contributed by atoms with van der Waals surface area (Å²) in [5.74, 6) is -1.28. The standard InChI is InChI=1S/C23H19F3N4O5S/c24-15-4-6-17(7-5-15)36(32,33)30-9-1-2-19(30)22(31)27-12-16-11-18(29-13-28-16)14-3-8-20-21(10-14)35-23(25,26)34-20/h3-8,10-11,13,19H,1-2,9,12H2,(H,27,31). The van der Waals surface area contributed by atoms with Crippen LogP contribution in [-0.2, 0) is 21.4 Å². The molecule has 1 saturated heterocycles. The minimum Gasteiger partial charge on any atom is -0.395 e. The van der Waals surface area contributed by atoms with Crippen molar-refractivity contribution in [1.82, 2.24) is 19.6 Å². The van der Waals surface area contributed by atoms with Crippen LogP contribution >= 0.6 is 0 Å². The number of fused-ring (bicyclic) bond motifs is 1. The third-order valence-corrected chi connectivity index (χ3v) is 7.71. The average molecular weight is 520 g/mol. The second kappa shape index (κ2) is 9.06. The molecule has 2 aliphatic heterocycles. The molecule has 13 heteroatoms. The molecular weight excluding hydrogens is 501 g/mol. The Bertz CT molecular complexity index is 1420. The number of carbonyl (C=O) groups is 1. The first-order valence-electron chi connectivity index (χ1n) is 10.9. The Hall–Kier alpha value is -3.71. The molecule has 1 aromatic heterocycles. The van der Waals surface area contributed by atoms with Crippen LogP contribution in [0, 0.1) is 5.82 Å². The fourth-order valence-electron chi connectivity index (χ4n) is 4.09. The molecule has 1 amide bonds. The topological polar surface area (TPSA) is 111 Å². The van der Waals surface area contributed by atoms with Crippen LogP contribution in [0.2, 0.25) is 0 Å². The summed E-state index contributed by atoms with van der Waals surface area (Å²) in [6.45, 7) is 0.149. The van der Waals surface area contributed by atoms with Gasteiger partial charge in [0.15, 0.2) is 11.5 Å². The van der Waals surface area contributed by atoms with Gasteiger partial charge in [0.05, 0.1) is 22.8 Å². The number of ether oxygens (including phenoxy) is 2. The molecule has 2 aromatic carbocycles. The van der Waals surface area contributed by atoms with E-state index in [1.54, 1.807) is 6.07 Å². The number of amides is 1. The van der Waals surface area contributed by atoms with E-state index in [0.29, 0.717) is 29.8 Å². The molecule has 3 heterocycles. The summed E-state index contributed by atoms with van der Waals surface area (Å²) >= 11 is 0. The number of sulfonamides is 1. The molecule has 5 rings (SSSR count). The van der Waals surface area contributed by atoms with E-state index in [1.807, 2.05) is 0 Å². The maximum Gasteiger partial charge on any atom is 0.586 e. The molecule has 0 saturated carbocycles. The second-order valence-corrected chi connectivity index (χ2v) is 10.1. The maximum atomic E-state index is 13.3. The molecular formula is C23H19F3N4O5S. The Morgan fingerprint density at radius 2 is 1.83 bits per heavy atom. The number of halogens is 3. The van der Waals surface area contributed by atoms with Crippen LogP contribution in [-0.4, -0.2) is 47.5 Å². The van der Waals surface area contributed by atoms with Crippen molar-refractivity contribution >= 4 is 15.9 Å². The predicted molar refractivity (Wildman–Crippen MR) is 119 cm³/mol. The predicted octanol–water partition coefficient (Wildman–Crippen LogP) is 3.07. The largest absolute Gasteiger partial charge is 0.586 e. The Morgan fingerprint density at radius 1 is 1.08 bits per heavy atom. The zero-order valence-corrected chi connectivity index (χ0v) is 19.3. The monoisotopic (exact) mass is 520 g/mol. The van der Waals surface area contributed by atoms with Crippen molar-refractivity contribution in [3.8, 4) is 22.8 Å². The number of nitrogens with one attached hydrogen (secondary N) is 1. The summed E-state index contributed by atoms with van der Waals surface area (Å²) in [5, 5.41) is 2.70. The zero-order chi connectivity index (χ0) is 25.5. The summed E-state index contributed by atoms with van der Waals surface area (Å²) in [6, 6.07) is 9.31. The fourth-order valence-corrected chi connectivity index (χ4v) is 5.74. The highest BCUT2D eigenvalue weighted by Crippen LogP contribution is 2.42. The van der Waals surface area contributed by atoms with Crippen LogP contribution < -0.4 is 14.8 Å². The number of alkyl halides is 2. The van der Waals surface area contributed by atoms with Gasteiger partial charge in [0.1, 0.15) is 18.2 Å². The summed E-state index contributed by atoms with van der Waals surface area (Å²) in [5.41, 5.74) is 1.29. The lowest BCUT2D eigenvalue weighted by molar-refractivity contribution is -0.286. The normalized spacial score (nSPS) is 18.8. The third kappa shape index (κ3) is 4.71. The van der Waals surface area contributed by atoms with Gasteiger partial charge in [-0.15, -0.1) is 8.78 Å². The van der Waals surface area contributed by atoms with Gasteiger partial charge in [-0.05, 0) is 61.4 Å². The van der Waals surface area contributed by atoms with Crippen LogP contribution in [0.3, 0.4) is 0 Å². The van der Waals surface area contributed by atoms with Crippen molar-refractivity contribution in [2.24, 2.45) is 0 Å². The molecule has 1 fully saturated rings. The molecule has 1 unspecified atom stereocenters. The lowest BCUT2D eigenvalue weighted by atomic mass is 10.1. The van der Waals surface area contributed by atoms with Gasteiger partial charge in [0, 0.05) is 12.1 Å². The lowest BCUT2D eigenvalue weighted by Gasteiger charge is -2.23. The number of hydrogen-bond donors (Lipinski definition) is 1. The van der Waals surface area contributed by atoms with Gasteiger partial charge < -0.3 is 14.8 Å². The molecule has 0 bridgehead atoms. The van der Waals surface area contributed by atoms with E-state index < -0.39 is 34.1 Å². The summed E-state index contributed by atoms with van der Waals surface area (Å²) in [7, 11) is -3.98.